The Balaban J connectivity index is 2.51. The van der Waals surface area contributed by atoms with Gasteiger partial charge in [0.2, 0.25) is 0 Å². The maximum atomic E-state index is 12.4. The molecule has 5 nitrogen and oxygen atoms in total. The smallest absolute Gasteiger partial charge is 0.411 e. The van der Waals surface area contributed by atoms with Crippen LogP contribution in [0.5, 0.6) is 0 Å². The van der Waals surface area contributed by atoms with Gasteiger partial charge in [0.1, 0.15) is 17.4 Å². The molecule has 5 heteroatoms. The van der Waals surface area contributed by atoms with Crippen molar-refractivity contribution in [2.75, 3.05) is 7.05 Å². The Hall–Kier alpha value is -2.43. The fourth-order valence-corrected chi connectivity index (χ4v) is 2.38. The Morgan fingerprint density at radius 2 is 1.83 bits per heavy atom. The molecule has 0 spiro atoms. The molecule has 0 fully saturated rings. The molecule has 0 saturated heterocycles. The lowest BCUT2D eigenvalue weighted by molar-refractivity contribution is -0.117. The number of aldehydes is 1. The monoisotopic (exact) mass is 314 g/mol. The second kappa shape index (κ2) is 5.99. The third kappa shape index (κ3) is 3.33. The van der Waals surface area contributed by atoms with Crippen molar-refractivity contribution in [1.29, 1.82) is 0 Å². The van der Waals surface area contributed by atoms with Crippen molar-refractivity contribution in [3.05, 3.63) is 42.1 Å². The first-order valence-corrected chi connectivity index (χ1v) is 7.46. The van der Waals surface area contributed by atoms with Crippen LogP contribution in [0.2, 0.25) is 0 Å². The summed E-state index contributed by atoms with van der Waals surface area (Å²) in [5.41, 5.74) is -0.289. The third-order valence-corrected chi connectivity index (χ3v) is 3.79. The van der Waals surface area contributed by atoms with Crippen molar-refractivity contribution in [3.63, 3.8) is 0 Å². The predicted molar refractivity (Wildman–Crippen MR) is 89.2 cm³/mol. The lowest BCUT2D eigenvalue weighted by atomic mass is 9.89. The van der Waals surface area contributed by atoms with E-state index >= 15 is 0 Å². The van der Waals surface area contributed by atoms with Crippen LogP contribution in [-0.2, 0) is 15.1 Å². The SMILES string of the molecule is CN(C(=O)OC(C)(C)C)C(C)(C=O)c1ccnc2ccccc12. The second-order valence-corrected chi connectivity index (χ2v) is 6.68. The summed E-state index contributed by atoms with van der Waals surface area (Å²) in [7, 11) is 1.57. The summed E-state index contributed by atoms with van der Waals surface area (Å²) < 4.78 is 5.39. The number of para-hydroxylation sites is 1. The molecule has 1 heterocycles. The molecule has 1 atom stereocenters. The van der Waals surface area contributed by atoms with E-state index in [2.05, 4.69) is 4.98 Å². The number of ether oxygens (including phenoxy) is 1. The van der Waals surface area contributed by atoms with Crippen LogP contribution in [0.3, 0.4) is 0 Å². The van der Waals surface area contributed by atoms with Gasteiger partial charge in [-0.1, -0.05) is 18.2 Å². The summed E-state index contributed by atoms with van der Waals surface area (Å²) in [6.07, 6.45) is 1.86. The van der Waals surface area contributed by atoms with Gasteiger partial charge in [-0.15, -0.1) is 0 Å². The third-order valence-electron chi connectivity index (χ3n) is 3.79. The molecule has 1 unspecified atom stereocenters. The Morgan fingerprint density at radius 3 is 2.43 bits per heavy atom. The number of hydrogen-bond donors (Lipinski definition) is 0. The highest BCUT2D eigenvalue weighted by atomic mass is 16.6. The van der Waals surface area contributed by atoms with Crippen molar-refractivity contribution >= 4 is 23.3 Å². The number of carbonyl (C=O) groups excluding carboxylic acids is 2. The zero-order valence-electron chi connectivity index (χ0n) is 14.2. The number of benzene rings is 1. The van der Waals surface area contributed by atoms with Gasteiger partial charge >= 0.3 is 6.09 Å². The summed E-state index contributed by atoms with van der Waals surface area (Å²) in [6, 6.07) is 9.29. The molecule has 0 N–H and O–H groups in total. The molecule has 0 bridgehead atoms. The van der Waals surface area contributed by atoms with E-state index in [-0.39, 0.29) is 0 Å². The molecule has 23 heavy (non-hydrogen) atoms. The highest BCUT2D eigenvalue weighted by Gasteiger charge is 2.37. The van der Waals surface area contributed by atoms with Crippen LogP contribution in [-0.4, -0.2) is 34.9 Å². The number of amides is 1. The van der Waals surface area contributed by atoms with E-state index < -0.39 is 17.2 Å². The van der Waals surface area contributed by atoms with Crippen LogP contribution in [0.25, 0.3) is 10.9 Å². The average molecular weight is 314 g/mol. The minimum atomic E-state index is -1.15. The minimum absolute atomic E-state index is 0.548. The number of carbonyl (C=O) groups is 2. The number of aromatic nitrogens is 1. The van der Waals surface area contributed by atoms with E-state index in [9.17, 15) is 9.59 Å². The second-order valence-electron chi connectivity index (χ2n) is 6.68. The highest BCUT2D eigenvalue weighted by Crippen LogP contribution is 2.31. The van der Waals surface area contributed by atoms with Crippen molar-refractivity contribution in [2.45, 2.75) is 38.8 Å². The highest BCUT2D eigenvalue weighted by molar-refractivity contribution is 5.89. The Morgan fingerprint density at radius 1 is 1.17 bits per heavy atom. The zero-order chi connectivity index (χ0) is 17.3. The molecule has 2 aromatic rings. The summed E-state index contributed by atoms with van der Waals surface area (Å²) in [5, 5.41) is 0.833. The van der Waals surface area contributed by atoms with E-state index in [1.807, 2.05) is 24.3 Å². The molecule has 0 saturated carbocycles. The van der Waals surface area contributed by atoms with Crippen molar-refractivity contribution in [1.82, 2.24) is 9.88 Å². The lowest BCUT2D eigenvalue weighted by Gasteiger charge is -2.36. The van der Waals surface area contributed by atoms with Gasteiger partial charge in [0.05, 0.1) is 5.52 Å². The van der Waals surface area contributed by atoms with Crippen LogP contribution in [0.15, 0.2) is 36.5 Å². The average Bonchev–Trinajstić information content (AvgIpc) is 2.51. The van der Waals surface area contributed by atoms with E-state index in [0.29, 0.717) is 5.56 Å². The van der Waals surface area contributed by atoms with Gasteiger partial charge in [-0.25, -0.2) is 4.79 Å². The normalized spacial score (nSPS) is 14.1. The molecule has 122 valence electrons. The largest absolute Gasteiger partial charge is 0.444 e. The molecule has 2 rings (SSSR count). The van der Waals surface area contributed by atoms with Crippen molar-refractivity contribution in [3.8, 4) is 0 Å². The van der Waals surface area contributed by atoms with E-state index in [0.717, 1.165) is 17.2 Å². The Labute approximate surface area is 136 Å². The maximum absolute atomic E-state index is 12.4. The van der Waals surface area contributed by atoms with Gasteiger partial charge in [-0.3, -0.25) is 9.88 Å². The minimum Gasteiger partial charge on any atom is -0.444 e. The molecule has 0 radical (unpaired) electrons. The summed E-state index contributed by atoms with van der Waals surface area (Å²) in [6.45, 7) is 7.07. The van der Waals surface area contributed by atoms with Gasteiger partial charge in [0.25, 0.3) is 0 Å². The van der Waals surface area contributed by atoms with Crippen LogP contribution in [0.4, 0.5) is 4.79 Å². The predicted octanol–water partition coefficient (Wildman–Crippen LogP) is 3.52. The fourth-order valence-electron chi connectivity index (χ4n) is 2.38. The van der Waals surface area contributed by atoms with Gasteiger partial charge in [0.15, 0.2) is 0 Å². The molecule has 1 aromatic carbocycles. The van der Waals surface area contributed by atoms with Crippen LogP contribution in [0, 0.1) is 0 Å². The van der Waals surface area contributed by atoms with E-state index in [1.165, 1.54) is 4.90 Å². The van der Waals surface area contributed by atoms with Gasteiger partial charge < -0.3 is 9.53 Å². The van der Waals surface area contributed by atoms with Crippen LogP contribution >= 0.6 is 0 Å². The maximum Gasteiger partial charge on any atom is 0.411 e. The molecular weight excluding hydrogens is 292 g/mol. The quantitative estimate of drug-likeness (QED) is 0.813. The topological polar surface area (TPSA) is 59.5 Å². The number of pyridine rings is 1. The molecular formula is C18H22N2O3. The zero-order valence-corrected chi connectivity index (χ0v) is 14.2. The first-order chi connectivity index (χ1) is 10.7. The summed E-state index contributed by atoms with van der Waals surface area (Å²) >= 11 is 0. The number of hydrogen-bond acceptors (Lipinski definition) is 4. The molecule has 0 aliphatic heterocycles. The number of fused-ring (bicyclic) bond motifs is 1. The molecule has 0 aliphatic carbocycles. The van der Waals surface area contributed by atoms with Crippen LogP contribution < -0.4 is 0 Å². The Kier molecular flexibility index (Phi) is 4.41. The van der Waals surface area contributed by atoms with Gasteiger partial charge in [-0.05, 0) is 45.4 Å². The first kappa shape index (κ1) is 16.9. The van der Waals surface area contributed by atoms with Crippen molar-refractivity contribution in [2.24, 2.45) is 0 Å². The number of likely N-dealkylation sites (N-methyl/N-ethyl adjacent to an activating group) is 1. The Bertz CT molecular complexity index is 731. The van der Waals surface area contributed by atoms with E-state index in [4.69, 9.17) is 4.74 Å². The van der Waals surface area contributed by atoms with E-state index in [1.54, 1.807) is 47.0 Å². The van der Waals surface area contributed by atoms with Crippen molar-refractivity contribution < 1.29 is 14.3 Å². The van der Waals surface area contributed by atoms with Crippen LogP contribution in [0.1, 0.15) is 33.3 Å². The number of nitrogens with zero attached hydrogens (tertiary/aromatic N) is 2. The van der Waals surface area contributed by atoms with Gasteiger partial charge in [-0.2, -0.15) is 0 Å². The first-order valence-electron chi connectivity index (χ1n) is 7.46. The summed E-state index contributed by atoms with van der Waals surface area (Å²) in [5.74, 6) is 0. The standard InChI is InChI=1S/C18H22N2O3/c1-17(2,3)23-16(22)20(5)18(4,12-21)14-10-11-19-15-9-7-6-8-13(14)15/h6-12H,1-5H3. The van der Waals surface area contributed by atoms with Gasteiger partial charge in [0, 0.05) is 18.6 Å². The lowest BCUT2D eigenvalue weighted by Crippen LogP contribution is -2.48. The number of rotatable bonds is 3. The molecule has 1 amide bonds. The molecule has 1 aromatic heterocycles. The fraction of sp³-hybridized carbons (Fsp3) is 0.389. The summed E-state index contributed by atoms with van der Waals surface area (Å²) in [4.78, 5) is 29.9. The molecule has 0 aliphatic rings.